The van der Waals surface area contributed by atoms with E-state index in [2.05, 4.69) is 21.1 Å². The molecule has 7 heteroatoms. The maximum Gasteiger partial charge on any atom is 0.394 e. The first kappa shape index (κ1) is 12.8. The highest BCUT2D eigenvalue weighted by Crippen LogP contribution is 2.11. The van der Waals surface area contributed by atoms with E-state index in [4.69, 9.17) is 22.3 Å². The minimum Gasteiger partial charge on any atom is -0.367 e. The summed E-state index contributed by atoms with van der Waals surface area (Å²) in [7, 11) is 1.88. The van der Waals surface area contributed by atoms with Crippen LogP contribution in [-0.2, 0) is 15.1 Å². The lowest BCUT2D eigenvalue weighted by molar-refractivity contribution is -0.870. The van der Waals surface area contributed by atoms with Crippen molar-refractivity contribution in [3.63, 3.8) is 0 Å². The van der Waals surface area contributed by atoms with Crippen molar-refractivity contribution in [1.29, 1.82) is 0 Å². The molecule has 1 unspecified atom stereocenters. The van der Waals surface area contributed by atoms with Gasteiger partial charge in [0.1, 0.15) is 12.6 Å². The molecule has 13 heavy (non-hydrogen) atoms. The zero-order valence-corrected chi connectivity index (χ0v) is 8.78. The second-order valence-electron chi connectivity index (χ2n) is 3.88. The number of hydrogen-bond acceptors (Lipinski definition) is 3. The summed E-state index contributed by atoms with van der Waals surface area (Å²) in [5.41, 5.74) is 0. The quantitative estimate of drug-likeness (QED) is 0.365. The molecule has 1 aliphatic heterocycles. The molecule has 1 heterocycles. The van der Waals surface area contributed by atoms with Crippen molar-refractivity contribution in [3.8, 4) is 0 Å². The minimum absolute atomic E-state index is 0.565. The highest BCUT2D eigenvalue weighted by Gasteiger charge is 2.28. The van der Waals surface area contributed by atoms with Crippen molar-refractivity contribution in [2.24, 2.45) is 0 Å². The molecule has 0 aromatic rings. The van der Waals surface area contributed by atoms with Gasteiger partial charge in [-0.3, -0.25) is 9.11 Å². The molecule has 1 saturated heterocycles. The van der Waals surface area contributed by atoms with Crippen molar-refractivity contribution in [2.75, 3.05) is 34.3 Å². The van der Waals surface area contributed by atoms with Crippen molar-refractivity contribution in [2.45, 2.75) is 6.10 Å². The van der Waals surface area contributed by atoms with Crippen LogP contribution in [0.3, 0.4) is 0 Å². The van der Waals surface area contributed by atoms with Gasteiger partial charge in [-0.2, -0.15) is 8.42 Å². The first-order valence-electron chi connectivity index (χ1n) is 3.70. The van der Waals surface area contributed by atoms with E-state index in [1.807, 2.05) is 0 Å². The standard InChI is InChI=1S/C6H14NO.H2O4S/c1-7(2,3)4-6-5-8-6;1-5(2,3)4/h6H,4-5H2,1-3H3;(H2,1,2,3,4)/q+1;. The average Bonchev–Trinajstić information content (AvgIpc) is 2.38. The van der Waals surface area contributed by atoms with Gasteiger partial charge in [0.25, 0.3) is 0 Å². The van der Waals surface area contributed by atoms with Crippen molar-refractivity contribution in [1.82, 2.24) is 0 Å². The largest absolute Gasteiger partial charge is 0.394 e. The number of nitrogens with zero attached hydrogens (tertiary/aromatic N) is 1. The molecule has 0 radical (unpaired) electrons. The highest BCUT2D eigenvalue weighted by atomic mass is 32.3. The average molecular weight is 214 g/mol. The van der Waals surface area contributed by atoms with Crippen LogP contribution in [0.4, 0.5) is 0 Å². The molecular weight excluding hydrogens is 198 g/mol. The normalized spacial score (nSPS) is 21.8. The molecule has 80 valence electrons. The number of epoxide rings is 1. The van der Waals surface area contributed by atoms with E-state index in [0.29, 0.717) is 6.10 Å². The van der Waals surface area contributed by atoms with Crippen LogP contribution in [0.25, 0.3) is 0 Å². The molecule has 0 bridgehead atoms. The van der Waals surface area contributed by atoms with Gasteiger partial charge in [0.15, 0.2) is 0 Å². The Bertz CT molecular complexity index is 230. The lowest BCUT2D eigenvalue weighted by atomic mass is 10.4. The Kier molecular flexibility index (Phi) is 4.27. The lowest BCUT2D eigenvalue weighted by Gasteiger charge is -2.22. The van der Waals surface area contributed by atoms with E-state index in [0.717, 1.165) is 17.6 Å². The Morgan fingerprint density at radius 3 is 1.77 bits per heavy atom. The molecule has 1 fully saturated rings. The van der Waals surface area contributed by atoms with Gasteiger partial charge < -0.3 is 9.22 Å². The van der Waals surface area contributed by atoms with Gasteiger partial charge in [0.2, 0.25) is 0 Å². The summed E-state index contributed by atoms with van der Waals surface area (Å²) < 4.78 is 37.7. The van der Waals surface area contributed by atoms with Gasteiger partial charge >= 0.3 is 10.4 Å². The Morgan fingerprint density at radius 1 is 1.38 bits per heavy atom. The van der Waals surface area contributed by atoms with Crippen molar-refractivity contribution < 1.29 is 26.7 Å². The lowest BCUT2D eigenvalue weighted by Crippen LogP contribution is -2.37. The summed E-state index contributed by atoms with van der Waals surface area (Å²) in [6.45, 7) is 2.13. The van der Waals surface area contributed by atoms with Crippen LogP contribution in [0.5, 0.6) is 0 Å². The fourth-order valence-electron chi connectivity index (χ4n) is 0.784. The number of hydrogen-bond donors (Lipinski definition) is 2. The number of quaternary nitrogens is 1. The van der Waals surface area contributed by atoms with Gasteiger partial charge in [0, 0.05) is 0 Å². The van der Waals surface area contributed by atoms with E-state index in [1.54, 1.807) is 0 Å². The predicted molar refractivity (Wildman–Crippen MR) is 46.8 cm³/mol. The Hall–Kier alpha value is -0.210. The molecule has 0 saturated carbocycles. The van der Waals surface area contributed by atoms with Crippen LogP contribution < -0.4 is 0 Å². The number of likely N-dealkylation sites (N-methyl/N-ethyl adjacent to an activating group) is 1. The molecular formula is C6H16NO5S+. The van der Waals surface area contributed by atoms with Crippen LogP contribution in [-0.4, -0.2) is 62.4 Å². The van der Waals surface area contributed by atoms with Crippen LogP contribution in [0.2, 0.25) is 0 Å². The Labute approximate surface area is 78.3 Å². The SMILES string of the molecule is C[N+](C)(C)CC1CO1.O=S(=O)(O)O. The molecule has 1 aliphatic rings. The van der Waals surface area contributed by atoms with Crippen LogP contribution in [0.15, 0.2) is 0 Å². The summed E-state index contributed by atoms with van der Waals surface area (Å²) in [5.74, 6) is 0. The van der Waals surface area contributed by atoms with Gasteiger partial charge in [-0.25, -0.2) is 0 Å². The molecule has 0 amide bonds. The molecule has 0 aromatic heterocycles. The maximum atomic E-state index is 8.74. The zero-order valence-electron chi connectivity index (χ0n) is 7.97. The molecule has 6 nitrogen and oxygen atoms in total. The van der Waals surface area contributed by atoms with Gasteiger partial charge in [-0.1, -0.05) is 0 Å². The monoisotopic (exact) mass is 214 g/mol. The topological polar surface area (TPSA) is 87.1 Å². The minimum atomic E-state index is -4.67. The van der Waals surface area contributed by atoms with Gasteiger partial charge in [-0.05, 0) is 0 Å². The third-order valence-electron chi connectivity index (χ3n) is 1.15. The third kappa shape index (κ3) is 18.6. The summed E-state index contributed by atoms with van der Waals surface area (Å²) in [6.07, 6.45) is 0.565. The van der Waals surface area contributed by atoms with Gasteiger partial charge in [0.05, 0.1) is 27.7 Å². The summed E-state index contributed by atoms with van der Waals surface area (Å²) in [5, 5.41) is 0. The fourth-order valence-corrected chi connectivity index (χ4v) is 0.784. The molecule has 0 aromatic carbocycles. The summed E-state index contributed by atoms with van der Waals surface area (Å²) in [4.78, 5) is 0. The van der Waals surface area contributed by atoms with Crippen LogP contribution in [0, 0.1) is 0 Å². The first-order chi connectivity index (χ1) is 5.58. The third-order valence-corrected chi connectivity index (χ3v) is 1.15. The first-order valence-corrected chi connectivity index (χ1v) is 5.09. The number of rotatable bonds is 2. The fraction of sp³-hybridized carbons (Fsp3) is 1.00. The second kappa shape index (κ2) is 4.34. The van der Waals surface area contributed by atoms with E-state index < -0.39 is 10.4 Å². The van der Waals surface area contributed by atoms with Crippen LogP contribution in [0.1, 0.15) is 0 Å². The predicted octanol–water partition coefficient (Wildman–Crippen LogP) is -0.561. The molecule has 2 N–H and O–H groups in total. The Morgan fingerprint density at radius 2 is 1.69 bits per heavy atom. The summed E-state index contributed by atoms with van der Waals surface area (Å²) in [6, 6.07) is 0. The highest BCUT2D eigenvalue weighted by molar-refractivity contribution is 7.79. The van der Waals surface area contributed by atoms with E-state index in [1.165, 1.54) is 0 Å². The van der Waals surface area contributed by atoms with E-state index >= 15 is 0 Å². The van der Waals surface area contributed by atoms with E-state index in [-0.39, 0.29) is 0 Å². The zero-order chi connectivity index (χ0) is 10.7. The smallest absolute Gasteiger partial charge is 0.367 e. The maximum absolute atomic E-state index is 8.74. The molecule has 1 rings (SSSR count). The molecule has 1 atom stereocenters. The molecule has 0 aliphatic carbocycles. The second-order valence-corrected chi connectivity index (χ2v) is 4.77. The Balaban J connectivity index is 0.000000252. The van der Waals surface area contributed by atoms with E-state index in [9.17, 15) is 0 Å². The summed E-state index contributed by atoms with van der Waals surface area (Å²) >= 11 is 0. The number of ether oxygens (including phenoxy) is 1. The van der Waals surface area contributed by atoms with Crippen molar-refractivity contribution in [3.05, 3.63) is 0 Å². The molecule has 0 spiro atoms. The van der Waals surface area contributed by atoms with Crippen LogP contribution >= 0.6 is 0 Å². The van der Waals surface area contributed by atoms with Gasteiger partial charge in [-0.15, -0.1) is 0 Å². The van der Waals surface area contributed by atoms with Crippen molar-refractivity contribution >= 4 is 10.4 Å².